The Bertz CT molecular complexity index is 1620. The summed E-state index contributed by atoms with van der Waals surface area (Å²) in [4.78, 5) is 16.1. The van der Waals surface area contributed by atoms with Crippen LogP contribution in [-0.2, 0) is 27.4 Å². The van der Waals surface area contributed by atoms with Gasteiger partial charge in [0, 0.05) is 23.7 Å². The standard InChI is InChI=1S/C25H19Cl2F3N2O4S/c1-3-36-24(33)23-22(27)19(20(26)13-31-23)12-16-11-18-14(2)9-15(25(28,29)30)10-21(18)32(16)37(34,35)17-7-5-4-6-8-17/h4-11,13H,3,12H2,1-2H3. The van der Waals surface area contributed by atoms with E-state index in [1.165, 1.54) is 43.5 Å². The predicted molar refractivity (Wildman–Crippen MR) is 134 cm³/mol. The highest BCUT2D eigenvalue weighted by molar-refractivity contribution is 7.90. The van der Waals surface area contributed by atoms with Crippen molar-refractivity contribution < 1.29 is 31.1 Å². The molecule has 0 spiro atoms. The monoisotopic (exact) mass is 570 g/mol. The number of aryl methyl sites for hydroxylation is 1. The Morgan fingerprint density at radius 1 is 1.11 bits per heavy atom. The van der Waals surface area contributed by atoms with E-state index in [1.54, 1.807) is 13.0 Å². The zero-order valence-electron chi connectivity index (χ0n) is 19.4. The molecule has 0 amide bonds. The Hall–Kier alpha value is -3.08. The van der Waals surface area contributed by atoms with E-state index in [0.29, 0.717) is 5.39 Å². The van der Waals surface area contributed by atoms with Gasteiger partial charge in [-0.2, -0.15) is 13.2 Å². The van der Waals surface area contributed by atoms with Crippen molar-refractivity contribution in [3.63, 3.8) is 0 Å². The Balaban J connectivity index is 2.01. The van der Waals surface area contributed by atoms with Gasteiger partial charge in [0.25, 0.3) is 10.0 Å². The van der Waals surface area contributed by atoms with E-state index in [9.17, 15) is 26.4 Å². The number of aromatic nitrogens is 2. The molecule has 0 N–H and O–H groups in total. The van der Waals surface area contributed by atoms with Crippen LogP contribution < -0.4 is 0 Å². The van der Waals surface area contributed by atoms with Gasteiger partial charge >= 0.3 is 12.1 Å². The number of fused-ring (bicyclic) bond motifs is 1. The zero-order valence-corrected chi connectivity index (χ0v) is 21.8. The molecular formula is C25H19Cl2F3N2O4S. The Morgan fingerprint density at radius 3 is 2.41 bits per heavy atom. The van der Waals surface area contributed by atoms with Gasteiger partial charge in [0.05, 0.1) is 32.6 Å². The minimum Gasteiger partial charge on any atom is -0.461 e. The molecule has 0 unspecified atom stereocenters. The second kappa shape index (κ2) is 10.00. The van der Waals surface area contributed by atoms with E-state index in [1.807, 2.05) is 0 Å². The summed E-state index contributed by atoms with van der Waals surface area (Å²) in [7, 11) is -4.36. The lowest BCUT2D eigenvalue weighted by Gasteiger charge is -2.15. The van der Waals surface area contributed by atoms with E-state index >= 15 is 0 Å². The molecule has 0 atom stereocenters. The first-order valence-corrected chi connectivity index (χ1v) is 13.1. The molecule has 4 aromatic rings. The Kier molecular flexibility index (Phi) is 7.29. The van der Waals surface area contributed by atoms with Crippen LogP contribution in [-0.4, -0.2) is 30.0 Å². The molecule has 37 heavy (non-hydrogen) atoms. The number of carbonyl (C=O) groups excluding carboxylic acids is 1. The number of pyridine rings is 1. The number of hydrogen-bond acceptors (Lipinski definition) is 5. The molecule has 2 aromatic heterocycles. The summed E-state index contributed by atoms with van der Waals surface area (Å²) in [6, 6.07) is 10.5. The number of esters is 1. The molecule has 12 heteroatoms. The molecule has 194 valence electrons. The second-order valence-corrected chi connectivity index (χ2v) is 10.7. The van der Waals surface area contributed by atoms with Gasteiger partial charge in [0.2, 0.25) is 0 Å². The predicted octanol–water partition coefficient (Wildman–Crippen LogP) is 6.67. The minimum absolute atomic E-state index is 0.0414. The van der Waals surface area contributed by atoms with Crippen molar-refractivity contribution in [2.75, 3.05) is 6.61 Å². The maximum Gasteiger partial charge on any atom is 0.416 e. The van der Waals surface area contributed by atoms with Crippen LogP contribution in [0.25, 0.3) is 10.9 Å². The van der Waals surface area contributed by atoms with Gasteiger partial charge in [-0.1, -0.05) is 41.4 Å². The maximum atomic E-state index is 13.8. The fourth-order valence-electron chi connectivity index (χ4n) is 3.97. The second-order valence-electron chi connectivity index (χ2n) is 8.09. The van der Waals surface area contributed by atoms with Gasteiger partial charge < -0.3 is 4.74 Å². The van der Waals surface area contributed by atoms with Crippen molar-refractivity contribution in [1.29, 1.82) is 0 Å². The highest BCUT2D eigenvalue weighted by atomic mass is 35.5. The lowest BCUT2D eigenvalue weighted by atomic mass is 10.1. The molecule has 2 heterocycles. The van der Waals surface area contributed by atoms with Crippen molar-refractivity contribution in [1.82, 2.24) is 8.96 Å². The van der Waals surface area contributed by atoms with Crippen LogP contribution >= 0.6 is 23.2 Å². The van der Waals surface area contributed by atoms with Crippen LogP contribution in [0.15, 0.2) is 59.6 Å². The molecule has 0 fully saturated rings. The number of benzene rings is 2. The first kappa shape index (κ1) is 27.0. The molecule has 2 aromatic carbocycles. The van der Waals surface area contributed by atoms with Gasteiger partial charge in [-0.3, -0.25) is 0 Å². The Labute approximate surface area is 220 Å². The number of hydrogen-bond donors (Lipinski definition) is 0. The van der Waals surface area contributed by atoms with Gasteiger partial charge in [-0.25, -0.2) is 22.2 Å². The van der Waals surface area contributed by atoms with Crippen LogP contribution in [0.4, 0.5) is 13.2 Å². The normalized spacial score (nSPS) is 12.2. The van der Waals surface area contributed by atoms with Crippen molar-refractivity contribution >= 4 is 50.1 Å². The lowest BCUT2D eigenvalue weighted by Crippen LogP contribution is -2.17. The molecule has 4 rings (SSSR count). The molecule has 0 aliphatic heterocycles. The number of alkyl halides is 3. The molecule has 0 bridgehead atoms. The van der Waals surface area contributed by atoms with E-state index in [2.05, 4.69) is 4.98 Å². The summed E-state index contributed by atoms with van der Waals surface area (Å²) in [6.07, 6.45) is -3.74. The first-order valence-electron chi connectivity index (χ1n) is 10.9. The number of carbonyl (C=O) groups is 1. The number of rotatable bonds is 6. The van der Waals surface area contributed by atoms with Gasteiger partial charge in [0.1, 0.15) is 0 Å². The molecule has 0 saturated heterocycles. The topological polar surface area (TPSA) is 78.3 Å². The van der Waals surface area contributed by atoms with Crippen LogP contribution in [0, 0.1) is 6.92 Å². The average molecular weight is 571 g/mol. The highest BCUT2D eigenvalue weighted by Crippen LogP contribution is 2.37. The third kappa shape index (κ3) is 5.05. The van der Waals surface area contributed by atoms with E-state index in [0.717, 1.165) is 16.1 Å². The van der Waals surface area contributed by atoms with Gasteiger partial charge in [-0.15, -0.1) is 0 Å². The first-order chi connectivity index (χ1) is 17.4. The summed E-state index contributed by atoms with van der Waals surface area (Å²) in [5.74, 6) is -0.798. The molecule has 0 aliphatic rings. The smallest absolute Gasteiger partial charge is 0.416 e. The highest BCUT2D eigenvalue weighted by Gasteiger charge is 2.33. The molecular weight excluding hydrogens is 552 g/mol. The SMILES string of the molecule is CCOC(=O)c1ncc(Cl)c(Cc2cc3c(C)cc(C(F)(F)F)cc3n2S(=O)(=O)c2ccccc2)c1Cl. The van der Waals surface area contributed by atoms with E-state index in [-0.39, 0.29) is 56.0 Å². The molecule has 6 nitrogen and oxygen atoms in total. The van der Waals surface area contributed by atoms with Crippen molar-refractivity contribution in [3.8, 4) is 0 Å². The summed E-state index contributed by atoms with van der Waals surface area (Å²) in [5, 5.41) is 0.196. The summed E-state index contributed by atoms with van der Waals surface area (Å²) in [5.41, 5.74) is -0.873. The lowest BCUT2D eigenvalue weighted by molar-refractivity contribution is -0.137. The van der Waals surface area contributed by atoms with Crippen LogP contribution in [0.2, 0.25) is 10.0 Å². The zero-order chi connectivity index (χ0) is 27.1. The van der Waals surface area contributed by atoms with Crippen LogP contribution in [0.5, 0.6) is 0 Å². The van der Waals surface area contributed by atoms with Crippen molar-refractivity contribution in [3.05, 3.63) is 92.9 Å². The average Bonchev–Trinajstić information content (AvgIpc) is 3.21. The summed E-state index contributed by atoms with van der Waals surface area (Å²) >= 11 is 12.8. The van der Waals surface area contributed by atoms with E-state index in [4.69, 9.17) is 27.9 Å². The maximum absolute atomic E-state index is 13.8. The molecule has 0 aliphatic carbocycles. The molecule has 0 saturated carbocycles. The van der Waals surface area contributed by atoms with Gasteiger partial charge in [0.15, 0.2) is 5.69 Å². The third-order valence-electron chi connectivity index (χ3n) is 5.66. The summed E-state index contributed by atoms with van der Waals surface area (Å²) in [6.45, 7) is 3.14. The van der Waals surface area contributed by atoms with Crippen molar-refractivity contribution in [2.24, 2.45) is 0 Å². The number of ether oxygens (including phenoxy) is 1. The molecule has 0 radical (unpaired) electrons. The largest absolute Gasteiger partial charge is 0.461 e. The van der Waals surface area contributed by atoms with Crippen molar-refractivity contribution in [2.45, 2.75) is 31.3 Å². The summed E-state index contributed by atoms with van der Waals surface area (Å²) < 4.78 is 74.3. The minimum atomic E-state index is -4.70. The van der Waals surface area contributed by atoms with Gasteiger partial charge in [-0.05, 0) is 55.3 Å². The Morgan fingerprint density at radius 2 is 1.78 bits per heavy atom. The van der Waals surface area contributed by atoms with Crippen LogP contribution in [0.1, 0.15) is 39.8 Å². The van der Waals surface area contributed by atoms with E-state index < -0.39 is 27.7 Å². The fourth-order valence-corrected chi connectivity index (χ4v) is 6.07. The van der Waals surface area contributed by atoms with Crippen LogP contribution in [0.3, 0.4) is 0 Å². The quantitative estimate of drug-likeness (QED) is 0.242. The third-order valence-corrected chi connectivity index (χ3v) is 8.17. The number of nitrogens with zero attached hydrogens (tertiary/aromatic N) is 2. The fraction of sp³-hybridized carbons (Fsp3) is 0.200. The number of halogens is 5.